The van der Waals surface area contributed by atoms with Gasteiger partial charge in [-0.3, -0.25) is 9.78 Å². The fourth-order valence-corrected chi connectivity index (χ4v) is 3.56. The van der Waals surface area contributed by atoms with Crippen LogP contribution < -0.4 is 0 Å². The SMILES string of the molecule is CCC1CCCCC1C(=O)c1cccc2ncccc12. The summed E-state index contributed by atoms with van der Waals surface area (Å²) in [6.07, 6.45) is 7.62. The number of fused-ring (bicyclic) bond motifs is 1. The summed E-state index contributed by atoms with van der Waals surface area (Å²) in [7, 11) is 0. The lowest BCUT2D eigenvalue weighted by Gasteiger charge is -2.30. The van der Waals surface area contributed by atoms with Gasteiger partial charge in [-0.05, 0) is 30.9 Å². The first kappa shape index (κ1) is 13.3. The molecule has 0 bridgehead atoms. The van der Waals surface area contributed by atoms with Gasteiger partial charge in [0.05, 0.1) is 5.52 Å². The quantitative estimate of drug-likeness (QED) is 0.759. The number of hydrogen-bond acceptors (Lipinski definition) is 2. The van der Waals surface area contributed by atoms with E-state index in [1.807, 2.05) is 30.3 Å². The number of hydrogen-bond donors (Lipinski definition) is 0. The normalized spacial score (nSPS) is 22.9. The van der Waals surface area contributed by atoms with Gasteiger partial charge < -0.3 is 0 Å². The zero-order valence-electron chi connectivity index (χ0n) is 12.0. The number of benzene rings is 1. The molecule has 104 valence electrons. The Hall–Kier alpha value is -1.70. The highest BCUT2D eigenvalue weighted by atomic mass is 16.1. The summed E-state index contributed by atoms with van der Waals surface area (Å²) in [4.78, 5) is 17.3. The van der Waals surface area contributed by atoms with Gasteiger partial charge in [-0.2, -0.15) is 0 Å². The third kappa shape index (κ3) is 2.35. The molecule has 1 aromatic heterocycles. The van der Waals surface area contributed by atoms with Crippen molar-refractivity contribution in [1.82, 2.24) is 4.98 Å². The molecule has 1 saturated carbocycles. The van der Waals surface area contributed by atoms with Crippen molar-refractivity contribution in [3.63, 3.8) is 0 Å². The van der Waals surface area contributed by atoms with Crippen molar-refractivity contribution in [2.75, 3.05) is 0 Å². The lowest BCUT2D eigenvalue weighted by atomic mass is 9.74. The number of aromatic nitrogens is 1. The van der Waals surface area contributed by atoms with E-state index in [9.17, 15) is 4.79 Å². The zero-order valence-corrected chi connectivity index (χ0v) is 12.0. The maximum atomic E-state index is 13.0. The zero-order chi connectivity index (χ0) is 13.9. The number of Topliss-reactive ketones (excluding diaryl/α,β-unsaturated/α-hetero) is 1. The van der Waals surface area contributed by atoms with E-state index in [-0.39, 0.29) is 5.92 Å². The van der Waals surface area contributed by atoms with Crippen LogP contribution in [0.5, 0.6) is 0 Å². The molecule has 0 radical (unpaired) electrons. The predicted molar refractivity (Wildman–Crippen MR) is 81.8 cm³/mol. The summed E-state index contributed by atoms with van der Waals surface area (Å²) < 4.78 is 0. The number of carbonyl (C=O) groups is 1. The fraction of sp³-hybridized carbons (Fsp3) is 0.444. The van der Waals surface area contributed by atoms with Crippen LogP contribution in [-0.2, 0) is 0 Å². The highest BCUT2D eigenvalue weighted by Gasteiger charge is 2.30. The highest BCUT2D eigenvalue weighted by Crippen LogP contribution is 2.35. The Morgan fingerprint density at radius 2 is 2.05 bits per heavy atom. The van der Waals surface area contributed by atoms with E-state index in [2.05, 4.69) is 11.9 Å². The summed E-state index contributed by atoms with van der Waals surface area (Å²) >= 11 is 0. The third-order valence-electron chi connectivity index (χ3n) is 4.68. The Labute approximate surface area is 120 Å². The maximum absolute atomic E-state index is 13.0. The van der Waals surface area contributed by atoms with Crippen LogP contribution in [-0.4, -0.2) is 10.8 Å². The number of nitrogens with zero attached hydrogens (tertiary/aromatic N) is 1. The summed E-state index contributed by atoms with van der Waals surface area (Å²) in [5.41, 5.74) is 1.78. The first-order valence-electron chi connectivity index (χ1n) is 7.69. The van der Waals surface area contributed by atoms with Gasteiger partial charge in [0, 0.05) is 23.1 Å². The lowest BCUT2D eigenvalue weighted by Crippen LogP contribution is -2.27. The molecule has 0 spiro atoms. The maximum Gasteiger partial charge on any atom is 0.166 e. The molecule has 2 nitrogen and oxygen atoms in total. The minimum atomic E-state index is 0.208. The van der Waals surface area contributed by atoms with Crippen LogP contribution in [0.15, 0.2) is 36.5 Å². The number of carbonyl (C=O) groups excluding carboxylic acids is 1. The average molecular weight is 267 g/mol. The largest absolute Gasteiger partial charge is 0.294 e. The third-order valence-corrected chi connectivity index (χ3v) is 4.68. The van der Waals surface area contributed by atoms with Crippen LogP contribution in [0.1, 0.15) is 49.4 Å². The van der Waals surface area contributed by atoms with Crippen molar-refractivity contribution in [1.29, 1.82) is 0 Å². The van der Waals surface area contributed by atoms with E-state index in [1.54, 1.807) is 6.20 Å². The monoisotopic (exact) mass is 267 g/mol. The van der Waals surface area contributed by atoms with Gasteiger partial charge in [-0.1, -0.05) is 44.4 Å². The van der Waals surface area contributed by atoms with Gasteiger partial charge >= 0.3 is 0 Å². The standard InChI is InChI=1S/C18H21NO/c1-2-13-7-3-4-8-14(13)18(20)16-9-5-11-17-15(16)10-6-12-19-17/h5-6,9-14H,2-4,7-8H2,1H3. The second-order valence-electron chi connectivity index (χ2n) is 5.80. The highest BCUT2D eigenvalue weighted by molar-refractivity contribution is 6.08. The van der Waals surface area contributed by atoms with Crippen LogP contribution in [0, 0.1) is 11.8 Å². The second kappa shape index (κ2) is 5.74. The Morgan fingerprint density at radius 1 is 1.20 bits per heavy atom. The summed E-state index contributed by atoms with van der Waals surface area (Å²) in [6, 6.07) is 9.82. The molecule has 2 heteroatoms. The Bertz CT molecular complexity index is 614. The van der Waals surface area contributed by atoms with Crippen molar-refractivity contribution in [2.45, 2.75) is 39.0 Å². The van der Waals surface area contributed by atoms with E-state index in [1.165, 1.54) is 19.3 Å². The van der Waals surface area contributed by atoms with Gasteiger partial charge in [0.2, 0.25) is 0 Å². The molecule has 1 aromatic carbocycles. The molecule has 2 unspecified atom stereocenters. The van der Waals surface area contributed by atoms with Gasteiger partial charge in [0.1, 0.15) is 0 Å². The molecule has 0 N–H and O–H groups in total. The fourth-order valence-electron chi connectivity index (χ4n) is 3.56. The first-order valence-corrected chi connectivity index (χ1v) is 7.69. The topological polar surface area (TPSA) is 30.0 Å². The molecule has 1 aliphatic rings. The molecule has 0 aliphatic heterocycles. The molecule has 1 heterocycles. The molecule has 0 saturated heterocycles. The van der Waals surface area contributed by atoms with Gasteiger partial charge in [0.25, 0.3) is 0 Å². The summed E-state index contributed by atoms with van der Waals surface area (Å²) in [6.45, 7) is 2.21. The van der Waals surface area contributed by atoms with Gasteiger partial charge in [0.15, 0.2) is 5.78 Å². The van der Waals surface area contributed by atoms with Crippen LogP contribution in [0.4, 0.5) is 0 Å². The molecule has 0 amide bonds. The van der Waals surface area contributed by atoms with Crippen molar-refractivity contribution >= 4 is 16.7 Å². The van der Waals surface area contributed by atoms with E-state index >= 15 is 0 Å². The molecule has 2 atom stereocenters. The minimum absolute atomic E-state index is 0.208. The van der Waals surface area contributed by atoms with Crippen molar-refractivity contribution < 1.29 is 4.79 Å². The number of ketones is 1. The van der Waals surface area contributed by atoms with Crippen molar-refractivity contribution in [3.8, 4) is 0 Å². The lowest BCUT2D eigenvalue weighted by molar-refractivity contribution is 0.0822. The van der Waals surface area contributed by atoms with Crippen molar-refractivity contribution in [2.24, 2.45) is 11.8 Å². The molecule has 20 heavy (non-hydrogen) atoms. The number of pyridine rings is 1. The van der Waals surface area contributed by atoms with E-state index in [0.717, 1.165) is 29.3 Å². The molecular weight excluding hydrogens is 246 g/mol. The van der Waals surface area contributed by atoms with Gasteiger partial charge in [-0.25, -0.2) is 0 Å². The van der Waals surface area contributed by atoms with E-state index in [4.69, 9.17) is 0 Å². The van der Waals surface area contributed by atoms with Crippen LogP contribution in [0.3, 0.4) is 0 Å². The van der Waals surface area contributed by atoms with Crippen LogP contribution in [0.25, 0.3) is 10.9 Å². The molecule has 3 rings (SSSR count). The van der Waals surface area contributed by atoms with E-state index < -0.39 is 0 Å². The Morgan fingerprint density at radius 3 is 2.90 bits per heavy atom. The minimum Gasteiger partial charge on any atom is -0.294 e. The Balaban J connectivity index is 1.99. The molecule has 1 fully saturated rings. The molecule has 1 aliphatic carbocycles. The number of rotatable bonds is 3. The average Bonchev–Trinajstić information content (AvgIpc) is 2.53. The van der Waals surface area contributed by atoms with Crippen LogP contribution in [0.2, 0.25) is 0 Å². The molecular formula is C18H21NO. The smallest absolute Gasteiger partial charge is 0.166 e. The van der Waals surface area contributed by atoms with E-state index in [0.29, 0.717) is 11.7 Å². The summed E-state index contributed by atoms with van der Waals surface area (Å²) in [5, 5.41) is 1.00. The van der Waals surface area contributed by atoms with Crippen LogP contribution >= 0.6 is 0 Å². The summed E-state index contributed by atoms with van der Waals surface area (Å²) in [5.74, 6) is 1.10. The second-order valence-corrected chi connectivity index (χ2v) is 5.80. The first-order chi connectivity index (χ1) is 9.81. The Kier molecular flexibility index (Phi) is 3.81. The van der Waals surface area contributed by atoms with Crippen molar-refractivity contribution in [3.05, 3.63) is 42.1 Å². The molecule has 2 aromatic rings. The van der Waals surface area contributed by atoms with Gasteiger partial charge in [-0.15, -0.1) is 0 Å². The predicted octanol–water partition coefficient (Wildman–Crippen LogP) is 4.63.